The number of likely N-dealkylation sites (tertiary alicyclic amines) is 2. The molecule has 0 unspecified atom stereocenters. The van der Waals surface area contributed by atoms with E-state index in [9.17, 15) is 19.2 Å². The zero-order chi connectivity index (χ0) is 44.3. The second-order valence-electron chi connectivity index (χ2n) is 16.7. The summed E-state index contributed by atoms with van der Waals surface area (Å²) in [6.45, 7) is 1.06. The summed E-state index contributed by atoms with van der Waals surface area (Å²) >= 11 is 0. The number of hydrogen-bond acceptors (Lipinski definition) is 9. The van der Waals surface area contributed by atoms with Gasteiger partial charge in [-0.25, -0.2) is 28.9 Å². The molecule has 9 rings (SSSR count). The van der Waals surface area contributed by atoms with Crippen molar-refractivity contribution < 1.29 is 33.0 Å². The summed E-state index contributed by atoms with van der Waals surface area (Å²) in [6.07, 6.45) is 8.89. The Balaban J connectivity index is 0.885. The van der Waals surface area contributed by atoms with E-state index in [1.54, 1.807) is 47.6 Å². The van der Waals surface area contributed by atoms with Crippen molar-refractivity contribution in [2.75, 3.05) is 27.3 Å². The van der Waals surface area contributed by atoms with Crippen LogP contribution in [0.4, 0.5) is 14.0 Å². The van der Waals surface area contributed by atoms with Crippen LogP contribution in [0.25, 0.3) is 44.7 Å². The average molecular weight is 868 g/mol. The number of nitrogens with one attached hydrogen (secondary N) is 4. The molecule has 4 N–H and O–H groups in total. The summed E-state index contributed by atoms with van der Waals surface area (Å²) in [4.78, 5) is 76.8. The second-order valence-corrected chi connectivity index (χ2v) is 16.7. The molecule has 3 aromatic heterocycles. The lowest BCUT2D eigenvalue weighted by Gasteiger charge is -2.31. The highest BCUT2D eigenvalue weighted by Gasteiger charge is 2.41. The molecular formula is C48H50FN9O6. The first-order valence-corrected chi connectivity index (χ1v) is 21.8. The third kappa shape index (κ3) is 8.51. The first-order valence-electron chi connectivity index (χ1n) is 21.8. The van der Waals surface area contributed by atoms with Crippen LogP contribution >= 0.6 is 0 Å². The van der Waals surface area contributed by atoms with Crippen molar-refractivity contribution in [2.45, 2.75) is 75.5 Å². The number of alkyl carbamates (subject to hydrolysis) is 2. The predicted octanol–water partition coefficient (Wildman–Crippen LogP) is 8.16. The maximum atomic E-state index is 15.9. The van der Waals surface area contributed by atoms with Crippen molar-refractivity contribution in [1.82, 2.24) is 45.4 Å². The van der Waals surface area contributed by atoms with Gasteiger partial charge in [0.05, 0.1) is 61.3 Å². The number of pyridine rings is 1. The molecule has 330 valence electrons. The number of ether oxygens (including phenoxy) is 2. The van der Waals surface area contributed by atoms with Crippen molar-refractivity contribution in [1.29, 1.82) is 0 Å². The van der Waals surface area contributed by atoms with Gasteiger partial charge in [-0.15, -0.1) is 0 Å². The number of H-pyrrole nitrogens is 2. The van der Waals surface area contributed by atoms with Crippen molar-refractivity contribution in [3.63, 3.8) is 0 Å². The lowest BCUT2D eigenvalue weighted by Crippen LogP contribution is -2.51. The number of rotatable bonds is 11. The molecule has 6 aromatic rings. The average Bonchev–Trinajstić information content (AvgIpc) is 4.19. The number of fused-ring (bicyclic) bond motifs is 1. The van der Waals surface area contributed by atoms with Crippen LogP contribution in [0.15, 0.2) is 91.3 Å². The molecule has 3 aliphatic rings. The summed E-state index contributed by atoms with van der Waals surface area (Å²) in [5.74, 6) is 0.472. The number of hydrogen-bond donors (Lipinski definition) is 4. The Labute approximate surface area is 369 Å². The van der Waals surface area contributed by atoms with Gasteiger partial charge >= 0.3 is 12.2 Å². The van der Waals surface area contributed by atoms with Gasteiger partial charge in [0.25, 0.3) is 5.91 Å². The van der Waals surface area contributed by atoms with Crippen LogP contribution in [-0.2, 0) is 19.1 Å². The molecule has 4 amide bonds. The predicted molar refractivity (Wildman–Crippen MR) is 236 cm³/mol. The summed E-state index contributed by atoms with van der Waals surface area (Å²) in [5.41, 5.74) is 5.09. The third-order valence-corrected chi connectivity index (χ3v) is 12.9. The molecule has 1 saturated carbocycles. The number of aromatic amines is 2. The Morgan fingerprint density at radius 3 is 2.03 bits per heavy atom. The first kappa shape index (κ1) is 42.2. The fourth-order valence-corrected chi connectivity index (χ4v) is 9.58. The number of halogens is 1. The van der Waals surface area contributed by atoms with Gasteiger partial charge in [-0.2, -0.15) is 0 Å². The lowest BCUT2D eigenvalue weighted by molar-refractivity contribution is -0.136. The van der Waals surface area contributed by atoms with Gasteiger partial charge in [0.15, 0.2) is 0 Å². The van der Waals surface area contributed by atoms with E-state index in [1.807, 2.05) is 47.4 Å². The van der Waals surface area contributed by atoms with Gasteiger partial charge in [0, 0.05) is 35.2 Å². The zero-order valence-electron chi connectivity index (χ0n) is 35.7. The van der Waals surface area contributed by atoms with E-state index >= 15 is 4.39 Å². The van der Waals surface area contributed by atoms with E-state index in [4.69, 9.17) is 19.4 Å². The second kappa shape index (κ2) is 18.3. The lowest BCUT2D eigenvalue weighted by atomic mass is 9.96. The summed E-state index contributed by atoms with van der Waals surface area (Å²) in [5, 5.41) is 6.39. The van der Waals surface area contributed by atoms with Gasteiger partial charge in [0.2, 0.25) is 5.91 Å². The maximum Gasteiger partial charge on any atom is 0.407 e. The third-order valence-electron chi connectivity index (χ3n) is 12.9. The highest BCUT2D eigenvalue weighted by molar-refractivity contribution is 5.89. The molecule has 3 fully saturated rings. The van der Waals surface area contributed by atoms with Gasteiger partial charge in [-0.1, -0.05) is 61.4 Å². The maximum absolute atomic E-state index is 15.9. The SMILES string of the molecule is COC(=O)N[C@H](C(=O)N1CCC[C@H]1c1ncc(-c2ccc3nc(-c4ccc(-c5cnc([C@@H]6CCCN6C(=O)[C@H](NC(=O)OC)c6ccccc6)[nH]5)c(F)c4)ccc3c2)[nH]1)C1CCCC1. The highest BCUT2D eigenvalue weighted by Crippen LogP contribution is 2.37. The zero-order valence-corrected chi connectivity index (χ0v) is 35.7. The van der Waals surface area contributed by atoms with Crippen LogP contribution in [0.5, 0.6) is 0 Å². The molecule has 2 saturated heterocycles. The molecule has 64 heavy (non-hydrogen) atoms. The molecule has 3 aromatic carbocycles. The standard InChI is InChI=1S/C48H50FN9O6/c1-63-47(61)55-41(28-10-4-3-5-11-28)45(59)58-23-9-15-40(58)44-51-27-38(54-44)33-19-16-32(25-34(33)49)36-20-17-30-24-31(18-21-35(30)52-36)37-26-50-43(53-37)39-14-8-22-57(39)46(60)42(56-48(62)64-2)29-12-6-7-13-29/h3-5,10-11,16-21,24-27,29,39-42H,6-9,12-15,22-23H2,1-2H3,(H,50,53)(H,51,54)(H,55,61)(H,56,62)/t39-,40-,41+,42-/m0/s1. The molecule has 16 heteroatoms. The molecule has 15 nitrogen and oxygen atoms in total. The molecule has 4 atom stereocenters. The van der Waals surface area contributed by atoms with Crippen LogP contribution in [0.1, 0.15) is 86.7 Å². The van der Waals surface area contributed by atoms with E-state index in [1.165, 1.54) is 20.3 Å². The van der Waals surface area contributed by atoms with Gasteiger partial charge in [-0.05, 0) is 80.3 Å². The van der Waals surface area contributed by atoms with E-state index in [0.717, 1.165) is 67.1 Å². The van der Waals surface area contributed by atoms with E-state index in [0.29, 0.717) is 59.2 Å². The molecule has 1 aliphatic carbocycles. The number of methoxy groups -OCH3 is 2. The summed E-state index contributed by atoms with van der Waals surface area (Å²) in [7, 11) is 2.56. The Morgan fingerprint density at radius 2 is 1.34 bits per heavy atom. The summed E-state index contributed by atoms with van der Waals surface area (Å²) < 4.78 is 25.6. The largest absolute Gasteiger partial charge is 0.453 e. The first-order chi connectivity index (χ1) is 31.2. The van der Waals surface area contributed by atoms with Crippen LogP contribution < -0.4 is 10.6 Å². The van der Waals surface area contributed by atoms with E-state index in [-0.39, 0.29) is 23.8 Å². The van der Waals surface area contributed by atoms with Crippen molar-refractivity contribution >= 4 is 34.9 Å². The molecule has 5 heterocycles. The quantitative estimate of drug-likeness (QED) is 0.0997. The monoisotopic (exact) mass is 867 g/mol. The fourth-order valence-electron chi connectivity index (χ4n) is 9.58. The minimum Gasteiger partial charge on any atom is -0.453 e. The number of carbonyl (C=O) groups excluding carboxylic acids is 4. The number of amides is 4. The smallest absolute Gasteiger partial charge is 0.407 e. The number of carbonyl (C=O) groups is 4. The minimum atomic E-state index is -0.948. The van der Waals surface area contributed by atoms with Gasteiger partial charge in [0.1, 0.15) is 29.5 Å². The number of nitrogens with zero attached hydrogens (tertiary/aromatic N) is 5. The Bertz CT molecular complexity index is 2680. The Hall–Kier alpha value is -7.10. The van der Waals surface area contributed by atoms with Crippen LogP contribution in [0, 0.1) is 11.7 Å². The summed E-state index contributed by atoms with van der Waals surface area (Å²) in [6, 6.07) is 21.5. The van der Waals surface area contributed by atoms with E-state index < -0.39 is 36.1 Å². The molecule has 2 aliphatic heterocycles. The molecule has 0 spiro atoms. The molecule has 0 radical (unpaired) electrons. The van der Waals surface area contributed by atoms with Crippen LogP contribution in [0.3, 0.4) is 0 Å². The van der Waals surface area contributed by atoms with Crippen molar-refractivity contribution in [2.24, 2.45) is 5.92 Å². The van der Waals surface area contributed by atoms with Gasteiger partial charge < -0.3 is 39.9 Å². The van der Waals surface area contributed by atoms with Gasteiger partial charge in [-0.3, -0.25) is 9.59 Å². The minimum absolute atomic E-state index is 0.0796. The van der Waals surface area contributed by atoms with E-state index in [2.05, 4.69) is 25.6 Å². The topological polar surface area (TPSA) is 188 Å². The van der Waals surface area contributed by atoms with Crippen LogP contribution in [0.2, 0.25) is 0 Å². The van der Waals surface area contributed by atoms with Crippen molar-refractivity contribution in [3.05, 3.63) is 114 Å². The fraction of sp³-hybridized carbons (Fsp3) is 0.354. The van der Waals surface area contributed by atoms with Crippen LogP contribution in [-0.4, -0.2) is 92.1 Å². The molecular weight excluding hydrogens is 818 g/mol. The number of aromatic nitrogens is 5. The number of imidazole rings is 2. The molecule has 0 bridgehead atoms. The van der Waals surface area contributed by atoms with Crippen molar-refractivity contribution in [3.8, 4) is 33.8 Å². The Kier molecular flexibility index (Phi) is 12.1. The normalized spacial score (nSPS) is 18.5. The number of benzene rings is 3. The highest BCUT2D eigenvalue weighted by atomic mass is 19.1. The Morgan fingerprint density at radius 1 is 0.703 bits per heavy atom.